The van der Waals surface area contributed by atoms with E-state index in [2.05, 4.69) is 23.8 Å². The van der Waals surface area contributed by atoms with Crippen LogP contribution in [0.25, 0.3) is 11.3 Å². The lowest BCUT2D eigenvalue weighted by Crippen LogP contribution is -2.50. The van der Waals surface area contributed by atoms with Crippen molar-refractivity contribution in [2.45, 2.75) is 57.8 Å². The van der Waals surface area contributed by atoms with Crippen LogP contribution in [0.4, 0.5) is 26.3 Å². The van der Waals surface area contributed by atoms with Crippen molar-refractivity contribution in [3.63, 3.8) is 0 Å². The normalized spacial score (nSPS) is 16.5. The molecule has 0 unspecified atom stereocenters. The number of carboxylic acid groups (broad SMARTS) is 2. The highest BCUT2D eigenvalue weighted by molar-refractivity contribution is 6.30. The number of piperazine rings is 1. The molecule has 0 aliphatic carbocycles. The van der Waals surface area contributed by atoms with E-state index in [0.717, 1.165) is 67.8 Å². The summed E-state index contributed by atoms with van der Waals surface area (Å²) in [5.41, 5.74) is 1.82. The van der Waals surface area contributed by atoms with Gasteiger partial charge in [-0.2, -0.15) is 26.3 Å². The molecule has 2 aromatic rings. The number of benzene rings is 1. The predicted octanol–water partition coefficient (Wildman–Crippen LogP) is 5.63. The Hall–Kier alpha value is -3.37. The van der Waals surface area contributed by atoms with Crippen molar-refractivity contribution >= 4 is 29.4 Å². The molecule has 0 bridgehead atoms. The number of hydrogen-bond acceptors (Lipinski definition) is 7. The number of hydrogen-bond donors (Lipinski definition) is 2. The first-order valence-electron chi connectivity index (χ1n) is 14.9. The first kappa shape index (κ1) is 39.8. The standard InChI is InChI=1S/C26H37ClN4O2.2C2HF3O2/c1-3-4-24-28-26(21-5-7-22(27)8-6-21)23(33-24)9-10-25(32)31-17-15-30(16-18-31)19-20-11-13-29(2)14-12-20;2*3-2(4,5)1(6)7/h5-8,20H,3-4,9-19H2,1-2H3;2*(H,6,7). The zero-order valence-corrected chi connectivity index (χ0v) is 26.8. The van der Waals surface area contributed by atoms with Crippen molar-refractivity contribution in [3.8, 4) is 11.3 Å². The summed E-state index contributed by atoms with van der Waals surface area (Å²) in [4.78, 5) is 42.5. The molecule has 1 aromatic carbocycles. The number of likely N-dealkylation sites (tertiary alicyclic amines) is 1. The number of amides is 1. The highest BCUT2D eigenvalue weighted by Gasteiger charge is 2.39. The summed E-state index contributed by atoms with van der Waals surface area (Å²) in [5.74, 6) is -2.95. The lowest BCUT2D eigenvalue weighted by Gasteiger charge is -2.38. The lowest BCUT2D eigenvalue weighted by atomic mass is 9.96. The van der Waals surface area contributed by atoms with Gasteiger partial charge in [0.1, 0.15) is 11.5 Å². The van der Waals surface area contributed by atoms with Crippen molar-refractivity contribution in [2.24, 2.45) is 5.92 Å². The quantitative estimate of drug-likeness (QED) is 0.337. The number of halogens is 7. The average molecular weight is 701 g/mol. The number of alkyl halides is 6. The highest BCUT2D eigenvalue weighted by atomic mass is 35.5. The number of aliphatic carboxylic acids is 2. The summed E-state index contributed by atoms with van der Waals surface area (Å²) in [5, 5.41) is 14.9. The maximum atomic E-state index is 13.0. The Morgan fingerprint density at radius 2 is 1.40 bits per heavy atom. The first-order chi connectivity index (χ1) is 21.9. The summed E-state index contributed by atoms with van der Waals surface area (Å²) in [6.07, 6.45) is -4.78. The number of carbonyl (C=O) groups is 3. The van der Waals surface area contributed by atoms with E-state index in [1.54, 1.807) is 0 Å². The summed E-state index contributed by atoms with van der Waals surface area (Å²) in [6, 6.07) is 7.66. The molecule has 10 nitrogen and oxygen atoms in total. The van der Waals surface area contributed by atoms with Crippen molar-refractivity contribution in [1.29, 1.82) is 0 Å². The Kier molecular flexibility index (Phi) is 15.5. The molecule has 2 N–H and O–H groups in total. The van der Waals surface area contributed by atoms with Gasteiger partial charge in [-0.05, 0) is 57.5 Å². The molecule has 0 atom stereocenters. The molecule has 0 saturated carbocycles. The fourth-order valence-electron chi connectivity index (χ4n) is 4.89. The molecule has 1 amide bonds. The average Bonchev–Trinajstić information content (AvgIpc) is 3.40. The Morgan fingerprint density at radius 1 is 0.894 bits per heavy atom. The fourth-order valence-corrected chi connectivity index (χ4v) is 5.02. The van der Waals surface area contributed by atoms with Crippen LogP contribution in [0.3, 0.4) is 0 Å². The summed E-state index contributed by atoms with van der Waals surface area (Å²) in [7, 11) is 2.21. The van der Waals surface area contributed by atoms with Gasteiger partial charge in [-0.3, -0.25) is 9.69 Å². The Balaban J connectivity index is 0.000000459. The number of rotatable bonds is 8. The number of nitrogens with zero attached hydrogens (tertiary/aromatic N) is 4. The van der Waals surface area contributed by atoms with E-state index in [9.17, 15) is 31.1 Å². The fraction of sp³-hybridized carbons (Fsp3) is 0.600. The van der Waals surface area contributed by atoms with E-state index in [1.165, 1.54) is 32.5 Å². The van der Waals surface area contributed by atoms with Gasteiger partial charge in [0.2, 0.25) is 5.91 Å². The lowest BCUT2D eigenvalue weighted by molar-refractivity contribution is -0.193. The number of aromatic nitrogens is 1. The topological polar surface area (TPSA) is 127 Å². The van der Waals surface area contributed by atoms with Crippen LogP contribution in [0.2, 0.25) is 5.02 Å². The second-order valence-corrected chi connectivity index (χ2v) is 11.6. The maximum absolute atomic E-state index is 13.0. The molecular formula is C30H39ClF6N4O6. The molecule has 264 valence electrons. The third-order valence-electron chi connectivity index (χ3n) is 7.45. The summed E-state index contributed by atoms with van der Waals surface area (Å²) >= 11 is 6.05. The van der Waals surface area contributed by atoms with Gasteiger partial charge in [-0.15, -0.1) is 0 Å². The molecule has 2 aliphatic rings. The summed E-state index contributed by atoms with van der Waals surface area (Å²) in [6.45, 7) is 9.33. The van der Waals surface area contributed by atoms with E-state index in [0.29, 0.717) is 17.9 Å². The van der Waals surface area contributed by atoms with Crippen LogP contribution in [-0.2, 0) is 27.2 Å². The number of piperidine rings is 1. The van der Waals surface area contributed by atoms with E-state index in [1.807, 2.05) is 29.2 Å². The zero-order chi connectivity index (χ0) is 35.4. The minimum atomic E-state index is -5.08. The van der Waals surface area contributed by atoms with Crippen LogP contribution in [0, 0.1) is 5.92 Å². The molecule has 2 fully saturated rings. The van der Waals surface area contributed by atoms with Crippen LogP contribution in [-0.4, -0.2) is 113 Å². The predicted molar refractivity (Wildman–Crippen MR) is 160 cm³/mol. The monoisotopic (exact) mass is 700 g/mol. The van der Waals surface area contributed by atoms with Gasteiger partial charge in [-0.1, -0.05) is 30.7 Å². The molecule has 47 heavy (non-hydrogen) atoms. The van der Waals surface area contributed by atoms with Gasteiger partial charge >= 0.3 is 24.3 Å². The van der Waals surface area contributed by atoms with Gasteiger partial charge in [0, 0.05) is 62.6 Å². The SMILES string of the molecule is CCCc1nc(-c2ccc(Cl)cc2)c(CCC(=O)N2CCN(CC3CCN(C)CC3)CC2)o1.O=C(O)C(F)(F)F.O=C(O)C(F)(F)F. The van der Waals surface area contributed by atoms with E-state index in [-0.39, 0.29) is 5.91 Å². The van der Waals surface area contributed by atoms with Gasteiger partial charge < -0.3 is 24.4 Å². The minimum absolute atomic E-state index is 0.212. The third kappa shape index (κ3) is 14.1. The van der Waals surface area contributed by atoms with Crippen LogP contribution in [0.5, 0.6) is 0 Å². The molecule has 1 aromatic heterocycles. The number of aryl methyl sites for hydroxylation is 2. The van der Waals surface area contributed by atoms with Gasteiger partial charge in [0.15, 0.2) is 5.89 Å². The molecule has 2 aliphatic heterocycles. The molecule has 17 heteroatoms. The van der Waals surface area contributed by atoms with Gasteiger partial charge in [0.05, 0.1) is 0 Å². The smallest absolute Gasteiger partial charge is 0.475 e. The second-order valence-electron chi connectivity index (χ2n) is 11.2. The van der Waals surface area contributed by atoms with Crippen LogP contribution < -0.4 is 0 Å². The molecule has 0 spiro atoms. The van der Waals surface area contributed by atoms with E-state index >= 15 is 0 Å². The Morgan fingerprint density at radius 3 is 1.87 bits per heavy atom. The Labute approximate surface area is 273 Å². The van der Waals surface area contributed by atoms with Crippen molar-refractivity contribution in [2.75, 3.05) is 52.9 Å². The van der Waals surface area contributed by atoms with Crippen molar-refractivity contribution in [1.82, 2.24) is 19.7 Å². The molecule has 2 saturated heterocycles. The largest absolute Gasteiger partial charge is 0.490 e. The van der Waals surface area contributed by atoms with Crippen molar-refractivity contribution < 1.29 is 55.4 Å². The Bertz CT molecular complexity index is 1270. The van der Waals surface area contributed by atoms with E-state index < -0.39 is 24.3 Å². The van der Waals surface area contributed by atoms with Crippen LogP contribution >= 0.6 is 11.6 Å². The number of carboxylic acids is 2. The molecule has 0 radical (unpaired) electrons. The van der Waals surface area contributed by atoms with E-state index in [4.69, 9.17) is 40.8 Å². The first-order valence-corrected chi connectivity index (χ1v) is 15.3. The molecule has 4 rings (SSSR count). The van der Waals surface area contributed by atoms with Gasteiger partial charge in [0.25, 0.3) is 0 Å². The third-order valence-corrected chi connectivity index (χ3v) is 7.71. The molecule has 3 heterocycles. The second kappa shape index (κ2) is 18.2. The highest BCUT2D eigenvalue weighted by Crippen LogP contribution is 2.27. The zero-order valence-electron chi connectivity index (χ0n) is 26.0. The van der Waals surface area contributed by atoms with Crippen LogP contribution in [0.15, 0.2) is 28.7 Å². The molecular weight excluding hydrogens is 662 g/mol. The summed E-state index contributed by atoms with van der Waals surface area (Å²) < 4.78 is 69.5. The maximum Gasteiger partial charge on any atom is 0.490 e. The van der Waals surface area contributed by atoms with Crippen molar-refractivity contribution in [3.05, 3.63) is 40.9 Å². The minimum Gasteiger partial charge on any atom is -0.475 e. The van der Waals surface area contributed by atoms with Crippen LogP contribution in [0.1, 0.15) is 44.3 Å². The number of carbonyl (C=O) groups excluding carboxylic acids is 1. The van der Waals surface area contributed by atoms with Gasteiger partial charge in [-0.25, -0.2) is 14.6 Å². The number of oxazole rings is 1.